The van der Waals surface area contributed by atoms with Gasteiger partial charge < -0.3 is 24.3 Å². The van der Waals surface area contributed by atoms with E-state index in [1.807, 2.05) is 26.0 Å². The van der Waals surface area contributed by atoms with E-state index in [1.165, 1.54) is 19.3 Å². The van der Waals surface area contributed by atoms with Gasteiger partial charge in [-0.15, -0.1) is 0 Å². The fourth-order valence-corrected chi connectivity index (χ4v) is 6.43. The first-order chi connectivity index (χ1) is 20.1. The number of carbonyl (C=O) groups is 3. The second kappa shape index (κ2) is 15.6. The lowest BCUT2D eigenvalue weighted by Crippen LogP contribution is -2.50. The summed E-state index contributed by atoms with van der Waals surface area (Å²) in [5.74, 6) is -0.357. The minimum Gasteiger partial charge on any atom is -0.459 e. The van der Waals surface area contributed by atoms with Crippen molar-refractivity contribution >= 4 is 27.5 Å². The van der Waals surface area contributed by atoms with Crippen LogP contribution in [-0.2, 0) is 43.2 Å². The lowest BCUT2D eigenvalue weighted by molar-refractivity contribution is -0.143. The predicted molar refractivity (Wildman–Crippen MR) is 163 cm³/mol. The van der Waals surface area contributed by atoms with E-state index < -0.39 is 21.9 Å². The number of nitrogens with one attached hydrogen (secondary N) is 1. The van der Waals surface area contributed by atoms with Crippen LogP contribution < -0.4 is 5.32 Å². The van der Waals surface area contributed by atoms with Crippen molar-refractivity contribution in [2.75, 3.05) is 18.6 Å². The maximum Gasteiger partial charge on any atom is 0.303 e. The second-order valence-corrected chi connectivity index (χ2v) is 14.8. The van der Waals surface area contributed by atoms with Gasteiger partial charge in [0.2, 0.25) is 5.91 Å². The summed E-state index contributed by atoms with van der Waals surface area (Å²) in [7, 11) is -3.07. The summed E-state index contributed by atoms with van der Waals surface area (Å²) in [6, 6.07) is -0.114. The molecule has 1 N–H and O–H groups in total. The molecular weight excluding hydrogens is 574 g/mol. The Hall–Kier alpha value is -2.34. The molecule has 0 aromatic heterocycles. The van der Waals surface area contributed by atoms with Gasteiger partial charge in [-0.25, -0.2) is 8.42 Å². The standard InChI is InChI=1S/C32H49NO9S/c1-21(9-12-27-18-32(20-39-32)19-28(42-27)17-26(35)8-7-15-43(6,37)38)10-13-30-22(2)16-29(24(4)41-30)33-31(36)14-11-23(3)40-25(5)34/h9-12,14,22-24,27-30H,7-8,13,15-20H2,1-6H3,(H,33,36)/b12-9+,14-11-,21-10+/t22-,23-,24+,27+,28+,29+,30-,32+/m0/s1. The maximum absolute atomic E-state index is 12.5. The van der Waals surface area contributed by atoms with Crippen LogP contribution in [0.2, 0.25) is 0 Å². The summed E-state index contributed by atoms with van der Waals surface area (Å²) < 4.78 is 46.0. The van der Waals surface area contributed by atoms with Crippen LogP contribution in [0.5, 0.6) is 0 Å². The molecule has 0 aromatic carbocycles. The lowest BCUT2D eigenvalue weighted by atomic mass is 9.88. The van der Waals surface area contributed by atoms with Gasteiger partial charge in [-0.05, 0) is 52.0 Å². The Kier molecular flexibility index (Phi) is 12.7. The van der Waals surface area contributed by atoms with Crippen molar-refractivity contribution in [1.29, 1.82) is 0 Å². The molecule has 3 heterocycles. The van der Waals surface area contributed by atoms with Gasteiger partial charge in [0.1, 0.15) is 21.7 Å². The third kappa shape index (κ3) is 12.7. The number of rotatable bonds is 14. The molecule has 0 bridgehead atoms. The maximum atomic E-state index is 12.5. The average Bonchev–Trinajstić information content (AvgIpc) is 3.63. The number of carbonyl (C=O) groups excluding carboxylic acids is 3. The Labute approximate surface area is 256 Å². The van der Waals surface area contributed by atoms with Crippen molar-refractivity contribution in [3.63, 3.8) is 0 Å². The number of hydrogen-bond donors (Lipinski definition) is 1. The van der Waals surface area contributed by atoms with Crippen LogP contribution in [0.15, 0.2) is 36.0 Å². The van der Waals surface area contributed by atoms with Crippen molar-refractivity contribution in [1.82, 2.24) is 5.32 Å². The highest BCUT2D eigenvalue weighted by molar-refractivity contribution is 7.90. The smallest absolute Gasteiger partial charge is 0.303 e. The van der Waals surface area contributed by atoms with E-state index in [0.717, 1.165) is 24.8 Å². The van der Waals surface area contributed by atoms with Crippen molar-refractivity contribution in [2.45, 2.75) is 122 Å². The van der Waals surface area contributed by atoms with Crippen molar-refractivity contribution < 1.29 is 41.7 Å². The fourth-order valence-electron chi connectivity index (χ4n) is 5.76. The van der Waals surface area contributed by atoms with E-state index in [0.29, 0.717) is 19.4 Å². The normalized spacial score (nSPS) is 32.2. The van der Waals surface area contributed by atoms with Gasteiger partial charge in [-0.3, -0.25) is 14.4 Å². The molecule has 8 atom stereocenters. The van der Waals surface area contributed by atoms with Gasteiger partial charge in [-0.1, -0.05) is 30.7 Å². The number of epoxide rings is 1. The summed E-state index contributed by atoms with van der Waals surface area (Å²) in [5.41, 5.74) is 0.867. The molecule has 1 amide bonds. The van der Waals surface area contributed by atoms with E-state index in [-0.39, 0.29) is 72.3 Å². The molecule has 3 rings (SSSR count). The van der Waals surface area contributed by atoms with Crippen LogP contribution in [0, 0.1) is 5.92 Å². The van der Waals surface area contributed by atoms with Crippen molar-refractivity contribution in [2.24, 2.45) is 5.92 Å². The molecular formula is C32H49NO9S. The van der Waals surface area contributed by atoms with E-state index in [2.05, 4.69) is 18.3 Å². The molecule has 0 unspecified atom stereocenters. The zero-order valence-corrected chi connectivity index (χ0v) is 27.2. The molecule has 3 fully saturated rings. The fraction of sp³-hybridized carbons (Fsp3) is 0.719. The molecule has 3 aliphatic rings. The molecule has 0 aliphatic carbocycles. The predicted octanol–water partition coefficient (Wildman–Crippen LogP) is 3.79. The summed E-state index contributed by atoms with van der Waals surface area (Å²) in [6.07, 6.45) is 13.2. The number of esters is 1. The molecule has 0 aromatic rings. The lowest BCUT2D eigenvalue weighted by Gasteiger charge is -2.39. The Morgan fingerprint density at radius 2 is 1.84 bits per heavy atom. The number of Topliss-reactive ketones (excluding diaryl/α,β-unsaturated/α-hetero) is 1. The number of hydrogen-bond acceptors (Lipinski definition) is 9. The van der Waals surface area contributed by atoms with Gasteiger partial charge in [0, 0.05) is 44.9 Å². The van der Waals surface area contributed by atoms with Crippen molar-refractivity contribution in [3.8, 4) is 0 Å². The van der Waals surface area contributed by atoms with Gasteiger partial charge in [0.25, 0.3) is 0 Å². The van der Waals surface area contributed by atoms with Crippen molar-refractivity contribution in [3.05, 3.63) is 36.0 Å². The summed E-state index contributed by atoms with van der Waals surface area (Å²) >= 11 is 0. The largest absolute Gasteiger partial charge is 0.459 e. The van der Waals surface area contributed by atoms with Crippen LogP contribution in [0.1, 0.15) is 79.6 Å². The highest BCUT2D eigenvalue weighted by atomic mass is 32.2. The highest BCUT2D eigenvalue weighted by Crippen LogP contribution is 2.43. The molecule has 0 saturated carbocycles. The third-order valence-electron chi connectivity index (χ3n) is 8.18. The van der Waals surface area contributed by atoms with Gasteiger partial charge in [0.15, 0.2) is 0 Å². The second-order valence-electron chi connectivity index (χ2n) is 12.6. The summed E-state index contributed by atoms with van der Waals surface area (Å²) in [6.45, 7) is 9.83. The minimum atomic E-state index is -3.07. The van der Waals surface area contributed by atoms with Crippen LogP contribution >= 0.6 is 0 Å². The van der Waals surface area contributed by atoms with Crippen LogP contribution in [0.4, 0.5) is 0 Å². The SMILES string of the molecule is CC(=O)O[C@@H](C)/C=C\C(=O)N[C@@H]1C[C@H](C)[C@H](C/C=C(C)/C=C/[C@@H]2C[C@]3(CO3)C[C@@H](CC(=O)CCCS(C)(=O)=O)O2)O[C@@H]1C. The zero-order chi connectivity index (χ0) is 31.8. The quantitative estimate of drug-likeness (QED) is 0.133. The van der Waals surface area contributed by atoms with E-state index >= 15 is 0 Å². The van der Waals surface area contributed by atoms with Gasteiger partial charge >= 0.3 is 5.97 Å². The highest BCUT2D eigenvalue weighted by Gasteiger charge is 2.51. The third-order valence-corrected chi connectivity index (χ3v) is 9.21. The van der Waals surface area contributed by atoms with Crippen LogP contribution in [0.25, 0.3) is 0 Å². The Morgan fingerprint density at radius 3 is 2.49 bits per heavy atom. The number of amides is 1. The topological polar surface area (TPSA) is 138 Å². The van der Waals surface area contributed by atoms with E-state index in [4.69, 9.17) is 18.9 Å². The minimum absolute atomic E-state index is 0.0201. The van der Waals surface area contributed by atoms with Crippen LogP contribution in [0.3, 0.4) is 0 Å². The molecule has 242 valence electrons. The molecule has 10 nitrogen and oxygen atoms in total. The first-order valence-corrected chi connectivity index (χ1v) is 17.3. The molecule has 0 radical (unpaired) electrons. The number of allylic oxidation sites excluding steroid dienone is 2. The summed E-state index contributed by atoms with van der Waals surface area (Å²) in [4.78, 5) is 35.9. The number of ketones is 1. The monoisotopic (exact) mass is 623 g/mol. The summed E-state index contributed by atoms with van der Waals surface area (Å²) in [5, 5.41) is 3.01. The number of ether oxygens (including phenoxy) is 4. The van der Waals surface area contributed by atoms with Gasteiger partial charge in [-0.2, -0.15) is 0 Å². The van der Waals surface area contributed by atoms with E-state index in [9.17, 15) is 22.8 Å². The Balaban J connectivity index is 1.46. The molecule has 43 heavy (non-hydrogen) atoms. The Bertz CT molecular complexity index is 1190. The number of sulfone groups is 1. The molecule has 1 spiro atoms. The first-order valence-electron chi connectivity index (χ1n) is 15.3. The Morgan fingerprint density at radius 1 is 1.12 bits per heavy atom. The zero-order valence-electron chi connectivity index (χ0n) is 26.4. The molecule has 3 saturated heterocycles. The molecule has 11 heteroatoms. The first kappa shape index (κ1) is 35.1. The van der Waals surface area contributed by atoms with E-state index in [1.54, 1.807) is 13.0 Å². The van der Waals surface area contributed by atoms with Gasteiger partial charge in [0.05, 0.1) is 48.4 Å². The van der Waals surface area contributed by atoms with Crippen LogP contribution in [-0.4, -0.2) is 86.9 Å². The molecule has 3 aliphatic heterocycles. The average molecular weight is 624 g/mol.